The highest BCUT2D eigenvalue weighted by Gasteiger charge is 2.04. The van der Waals surface area contributed by atoms with Crippen molar-refractivity contribution in [1.82, 2.24) is 15.0 Å². The lowest BCUT2D eigenvalue weighted by Crippen LogP contribution is -2.17. The van der Waals surface area contributed by atoms with E-state index in [1.807, 2.05) is 6.92 Å². The van der Waals surface area contributed by atoms with Gasteiger partial charge in [0.1, 0.15) is 0 Å². The van der Waals surface area contributed by atoms with Gasteiger partial charge in [-0.1, -0.05) is 6.92 Å². The smallest absolute Gasteiger partial charge is 0.228 e. The molecule has 0 aliphatic heterocycles. The van der Waals surface area contributed by atoms with E-state index < -0.39 is 0 Å². The second-order valence-corrected chi connectivity index (χ2v) is 3.57. The first kappa shape index (κ1) is 11.9. The molecule has 0 aromatic carbocycles. The topological polar surface area (TPSA) is 86.0 Å². The van der Waals surface area contributed by atoms with Crippen LogP contribution < -0.4 is 11.1 Å². The summed E-state index contributed by atoms with van der Waals surface area (Å²) in [7, 11) is 1.66. The number of ether oxygens (including phenoxy) is 1. The molecule has 1 heterocycles. The maximum Gasteiger partial charge on any atom is 0.228 e. The number of halogens is 1. The SMILES string of the molecule is COCC(C)CNc1nc(N)nc(Cl)n1. The molecule has 1 rings (SSSR count). The van der Waals surface area contributed by atoms with E-state index in [9.17, 15) is 0 Å². The monoisotopic (exact) mass is 231 g/mol. The van der Waals surface area contributed by atoms with Gasteiger partial charge in [-0.2, -0.15) is 15.0 Å². The molecule has 3 N–H and O–H groups in total. The molecule has 1 aromatic rings. The second-order valence-electron chi connectivity index (χ2n) is 3.23. The zero-order chi connectivity index (χ0) is 11.3. The molecule has 0 saturated heterocycles. The fourth-order valence-electron chi connectivity index (χ4n) is 1.05. The van der Waals surface area contributed by atoms with Crippen LogP contribution in [0, 0.1) is 5.92 Å². The molecule has 0 saturated carbocycles. The fraction of sp³-hybridized carbons (Fsp3) is 0.625. The highest BCUT2D eigenvalue weighted by atomic mass is 35.5. The Hall–Kier alpha value is -1.14. The van der Waals surface area contributed by atoms with Gasteiger partial charge < -0.3 is 15.8 Å². The molecule has 1 atom stereocenters. The van der Waals surface area contributed by atoms with Crippen LogP contribution in [0.25, 0.3) is 0 Å². The number of hydrogen-bond donors (Lipinski definition) is 2. The van der Waals surface area contributed by atoms with Crippen molar-refractivity contribution in [2.75, 3.05) is 31.3 Å². The summed E-state index contributed by atoms with van der Waals surface area (Å²) >= 11 is 5.62. The first-order valence-electron chi connectivity index (χ1n) is 4.51. The largest absolute Gasteiger partial charge is 0.384 e. The van der Waals surface area contributed by atoms with E-state index in [1.165, 1.54) is 0 Å². The molecule has 1 aromatic heterocycles. The summed E-state index contributed by atoms with van der Waals surface area (Å²) in [5.74, 6) is 0.846. The zero-order valence-electron chi connectivity index (χ0n) is 8.70. The quantitative estimate of drug-likeness (QED) is 0.780. The molecule has 0 fully saturated rings. The number of nitrogen functional groups attached to an aromatic ring is 1. The molecule has 15 heavy (non-hydrogen) atoms. The predicted octanol–water partition coefficient (Wildman–Crippen LogP) is 0.802. The predicted molar refractivity (Wildman–Crippen MR) is 58.8 cm³/mol. The first-order valence-corrected chi connectivity index (χ1v) is 4.89. The second kappa shape index (κ2) is 5.67. The maximum absolute atomic E-state index is 5.62. The van der Waals surface area contributed by atoms with Gasteiger partial charge in [0.2, 0.25) is 17.2 Å². The van der Waals surface area contributed by atoms with E-state index in [2.05, 4.69) is 20.3 Å². The Labute approximate surface area is 93.2 Å². The van der Waals surface area contributed by atoms with Crippen molar-refractivity contribution in [2.45, 2.75) is 6.92 Å². The van der Waals surface area contributed by atoms with Crippen LogP contribution in [0.3, 0.4) is 0 Å². The van der Waals surface area contributed by atoms with Crippen LogP contribution in [0.15, 0.2) is 0 Å². The third-order valence-corrected chi connectivity index (χ3v) is 1.85. The van der Waals surface area contributed by atoms with Crippen molar-refractivity contribution >= 4 is 23.5 Å². The van der Waals surface area contributed by atoms with Crippen LogP contribution in [0.1, 0.15) is 6.92 Å². The molecule has 6 nitrogen and oxygen atoms in total. The van der Waals surface area contributed by atoms with E-state index >= 15 is 0 Å². The van der Waals surface area contributed by atoms with Gasteiger partial charge in [-0.15, -0.1) is 0 Å². The number of aromatic nitrogens is 3. The van der Waals surface area contributed by atoms with Crippen molar-refractivity contribution in [3.63, 3.8) is 0 Å². The van der Waals surface area contributed by atoms with Crippen molar-refractivity contribution in [3.8, 4) is 0 Å². The van der Waals surface area contributed by atoms with Crippen molar-refractivity contribution < 1.29 is 4.74 Å². The molecular formula is C8H14ClN5O. The van der Waals surface area contributed by atoms with Crippen LogP contribution in [0.2, 0.25) is 5.28 Å². The first-order chi connectivity index (χ1) is 7.11. The summed E-state index contributed by atoms with van der Waals surface area (Å²) in [4.78, 5) is 11.4. The van der Waals surface area contributed by atoms with Crippen molar-refractivity contribution in [1.29, 1.82) is 0 Å². The lowest BCUT2D eigenvalue weighted by Gasteiger charge is -2.11. The number of hydrogen-bond acceptors (Lipinski definition) is 6. The molecule has 84 valence electrons. The Morgan fingerprint density at radius 2 is 2.20 bits per heavy atom. The zero-order valence-corrected chi connectivity index (χ0v) is 9.45. The van der Waals surface area contributed by atoms with E-state index in [-0.39, 0.29) is 11.2 Å². The third-order valence-electron chi connectivity index (χ3n) is 1.69. The lowest BCUT2D eigenvalue weighted by atomic mass is 10.2. The van der Waals surface area contributed by atoms with Crippen LogP contribution in [-0.2, 0) is 4.74 Å². The number of anilines is 2. The Bertz CT molecular complexity index is 302. The number of rotatable bonds is 5. The average molecular weight is 232 g/mol. The summed E-state index contributed by atoms with van der Waals surface area (Å²) in [5, 5.41) is 3.09. The Balaban J connectivity index is 2.50. The Kier molecular flexibility index (Phi) is 4.51. The average Bonchev–Trinajstić information content (AvgIpc) is 2.14. The van der Waals surface area contributed by atoms with E-state index in [0.29, 0.717) is 25.0 Å². The van der Waals surface area contributed by atoms with Gasteiger partial charge >= 0.3 is 0 Å². The Morgan fingerprint density at radius 3 is 2.80 bits per heavy atom. The molecule has 0 aliphatic rings. The van der Waals surface area contributed by atoms with Crippen LogP contribution in [-0.4, -0.2) is 35.2 Å². The van der Waals surface area contributed by atoms with Gasteiger partial charge in [0.15, 0.2) is 0 Å². The highest BCUT2D eigenvalue weighted by Crippen LogP contribution is 2.07. The van der Waals surface area contributed by atoms with Gasteiger partial charge in [-0.25, -0.2) is 0 Å². The number of nitrogens with one attached hydrogen (secondary N) is 1. The van der Waals surface area contributed by atoms with Gasteiger partial charge in [-0.3, -0.25) is 0 Å². The molecule has 0 aliphatic carbocycles. The van der Waals surface area contributed by atoms with Crippen LogP contribution in [0.4, 0.5) is 11.9 Å². The summed E-state index contributed by atoms with van der Waals surface area (Å²) in [5.41, 5.74) is 5.41. The molecule has 0 amide bonds. The summed E-state index contributed by atoms with van der Waals surface area (Å²) in [6.45, 7) is 3.40. The third kappa shape index (κ3) is 4.26. The molecular weight excluding hydrogens is 218 g/mol. The van der Waals surface area contributed by atoms with E-state index in [0.717, 1.165) is 0 Å². The Morgan fingerprint density at radius 1 is 1.47 bits per heavy atom. The van der Waals surface area contributed by atoms with Crippen molar-refractivity contribution in [3.05, 3.63) is 5.28 Å². The normalized spacial score (nSPS) is 12.5. The summed E-state index contributed by atoms with van der Waals surface area (Å²) in [6, 6.07) is 0. The molecule has 0 spiro atoms. The molecule has 7 heteroatoms. The minimum absolute atomic E-state index is 0.0874. The fourth-order valence-corrected chi connectivity index (χ4v) is 1.22. The summed E-state index contributed by atoms with van der Waals surface area (Å²) < 4.78 is 5.00. The number of methoxy groups -OCH3 is 1. The molecule has 0 bridgehead atoms. The number of nitrogens with two attached hydrogens (primary N) is 1. The van der Waals surface area contributed by atoms with Crippen molar-refractivity contribution in [2.24, 2.45) is 5.92 Å². The number of nitrogens with zero attached hydrogens (tertiary/aromatic N) is 3. The maximum atomic E-state index is 5.62. The highest BCUT2D eigenvalue weighted by molar-refractivity contribution is 6.28. The molecule has 0 radical (unpaired) electrons. The summed E-state index contributed by atoms with van der Waals surface area (Å²) in [6.07, 6.45) is 0. The van der Waals surface area contributed by atoms with Gasteiger partial charge in [0.25, 0.3) is 0 Å². The minimum atomic E-state index is 0.0874. The van der Waals surface area contributed by atoms with Gasteiger partial charge in [-0.05, 0) is 17.5 Å². The standard InChI is InChI=1S/C8H14ClN5O/c1-5(4-15-2)3-11-8-13-6(9)12-7(10)14-8/h5H,3-4H2,1-2H3,(H3,10,11,12,13,14). The van der Waals surface area contributed by atoms with E-state index in [4.69, 9.17) is 22.1 Å². The van der Waals surface area contributed by atoms with Crippen LogP contribution >= 0.6 is 11.6 Å². The van der Waals surface area contributed by atoms with Gasteiger partial charge in [0, 0.05) is 13.7 Å². The lowest BCUT2D eigenvalue weighted by molar-refractivity contribution is 0.164. The minimum Gasteiger partial charge on any atom is -0.384 e. The van der Waals surface area contributed by atoms with Crippen LogP contribution in [0.5, 0.6) is 0 Å². The molecule has 1 unspecified atom stereocenters. The van der Waals surface area contributed by atoms with Gasteiger partial charge in [0.05, 0.1) is 6.61 Å². The van der Waals surface area contributed by atoms with E-state index in [1.54, 1.807) is 7.11 Å².